The first kappa shape index (κ1) is 11.9. The van der Waals surface area contributed by atoms with E-state index in [0.29, 0.717) is 0 Å². The Bertz CT molecular complexity index is 605. The van der Waals surface area contributed by atoms with E-state index in [1.165, 1.54) is 0 Å². The second-order valence-corrected chi connectivity index (χ2v) is 5.21. The average molecular weight is 264 g/mol. The van der Waals surface area contributed by atoms with Crippen LogP contribution >= 0.6 is 0 Å². The van der Waals surface area contributed by atoms with Crippen molar-refractivity contribution in [3.8, 4) is 0 Å². The molecule has 2 rings (SSSR count). The maximum absolute atomic E-state index is 12.4. The highest BCUT2D eigenvalue weighted by atomic mass is 32.2. The van der Waals surface area contributed by atoms with Crippen molar-refractivity contribution in [1.82, 2.24) is 0 Å². The molecule has 1 aromatic rings. The predicted molar refractivity (Wildman–Crippen MR) is 54.8 cm³/mol. The monoisotopic (exact) mass is 264 g/mol. The van der Waals surface area contributed by atoms with E-state index in [2.05, 4.69) is 4.40 Å². The summed E-state index contributed by atoms with van der Waals surface area (Å²) in [6.45, 7) is 0. The molecular weight excluding hydrogens is 257 g/mol. The van der Waals surface area contributed by atoms with Crippen molar-refractivity contribution < 1.29 is 21.6 Å². The van der Waals surface area contributed by atoms with E-state index in [0.717, 1.165) is 18.2 Å². The first-order valence-electron chi connectivity index (χ1n) is 4.48. The van der Waals surface area contributed by atoms with Crippen molar-refractivity contribution in [2.45, 2.75) is 11.9 Å². The molecule has 0 unspecified atom stereocenters. The molecule has 0 spiro atoms. The van der Waals surface area contributed by atoms with Crippen molar-refractivity contribution in [3.63, 3.8) is 0 Å². The highest BCUT2D eigenvalue weighted by Crippen LogP contribution is 2.32. The van der Waals surface area contributed by atoms with Gasteiger partial charge in [-0.15, -0.1) is 4.40 Å². The molecule has 4 nitrogen and oxygen atoms in total. The van der Waals surface area contributed by atoms with Gasteiger partial charge in [-0.3, -0.25) is 0 Å². The van der Waals surface area contributed by atoms with Crippen molar-refractivity contribution in [2.24, 2.45) is 10.1 Å². The number of rotatable bonds is 0. The van der Waals surface area contributed by atoms with Crippen LogP contribution in [0.15, 0.2) is 22.6 Å². The van der Waals surface area contributed by atoms with E-state index in [1.807, 2.05) is 0 Å². The van der Waals surface area contributed by atoms with E-state index >= 15 is 0 Å². The van der Waals surface area contributed by atoms with Gasteiger partial charge in [-0.05, 0) is 17.7 Å². The predicted octanol–water partition coefficient (Wildman–Crippen LogP) is 1.25. The SMILES string of the molecule is NC1=NS(=O)(=O)Cc2ccc(C(F)(F)F)cc21. The van der Waals surface area contributed by atoms with Gasteiger partial charge in [-0.1, -0.05) is 6.07 Å². The maximum atomic E-state index is 12.4. The van der Waals surface area contributed by atoms with Gasteiger partial charge in [0.25, 0.3) is 10.0 Å². The lowest BCUT2D eigenvalue weighted by Crippen LogP contribution is -2.24. The molecule has 0 radical (unpaired) electrons. The lowest BCUT2D eigenvalue weighted by atomic mass is 10.0. The summed E-state index contributed by atoms with van der Waals surface area (Å²) in [4.78, 5) is 0. The third-order valence-electron chi connectivity index (χ3n) is 2.29. The van der Waals surface area contributed by atoms with Gasteiger partial charge in [0.05, 0.1) is 11.3 Å². The average Bonchev–Trinajstić information content (AvgIpc) is 2.13. The lowest BCUT2D eigenvalue weighted by Gasteiger charge is -2.16. The van der Waals surface area contributed by atoms with E-state index in [1.54, 1.807) is 0 Å². The number of nitrogens with zero attached hydrogens (tertiary/aromatic N) is 1. The zero-order valence-corrected chi connectivity index (χ0v) is 9.14. The minimum Gasteiger partial charge on any atom is -0.383 e. The molecule has 1 aliphatic heterocycles. The van der Waals surface area contributed by atoms with E-state index < -0.39 is 33.4 Å². The van der Waals surface area contributed by atoms with Crippen LogP contribution in [0.4, 0.5) is 13.2 Å². The minimum absolute atomic E-state index is 0.0228. The van der Waals surface area contributed by atoms with Gasteiger partial charge in [-0.25, -0.2) is 8.42 Å². The van der Waals surface area contributed by atoms with E-state index in [-0.39, 0.29) is 11.1 Å². The number of sulfonamides is 1. The Morgan fingerprint density at radius 1 is 1.29 bits per heavy atom. The van der Waals surface area contributed by atoms with Gasteiger partial charge in [0.2, 0.25) is 0 Å². The standard InChI is InChI=1S/C9H7F3N2O2S/c10-9(11,12)6-2-1-5-4-17(15,16)14-8(13)7(5)3-6/h1-3H,4H2,(H2,13,14). The van der Waals surface area contributed by atoms with Crippen LogP contribution in [0.25, 0.3) is 0 Å². The summed E-state index contributed by atoms with van der Waals surface area (Å²) in [6, 6.07) is 2.74. The van der Waals surface area contributed by atoms with Gasteiger partial charge < -0.3 is 5.73 Å². The Balaban J connectivity index is 2.60. The third kappa shape index (κ3) is 2.26. The second-order valence-electron chi connectivity index (χ2n) is 3.57. The molecule has 2 N–H and O–H groups in total. The minimum atomic E-state index is -4.49. The van der Waals surface area contributed by atoms with Crippen LogP contribution in [0.2, 0.25) is 0 Å². The van der Waals surface area contributed by atoms with E-state index in [9.17, 15) is 21.6 Å². The molecule has 1 heterocycles. The summed E-state index contributed by atoms with van der Waals surface area (Å²) in [7, 11) is -3.71. The van der Waals surface area contributed by atoms with Crippen molar-refractivity contribution in [3.05, 3.63) is 34.9 Å². The molecule has 0 aliphatic carbocycles. The van der Waals surface area contributed by atoms with Crippen LogP contribution in [0.3, 0.4) is 0 Å². The third-order valence-corrected chi connectivity index (χ3v) is 3.44. The Hall–Kier alpha value is -1.57. The molecule has 92 valence electrons. The Kier molecular flexibility index (Phi) is 2.42. The summed E-state index contributed by atoms with van der Waals surface area (Å²) in [5.74, 6) is -0.835. The van der Waals surface area contributed by atoms with Crippen molar-refractivity contribution >= 4 is 15.9 Å². The summed E-state index contributed by atoms with van der Waals surface area (Å²) in [5.41, 5.74) is 4.71. The summed E-state index contributed by atoms with van der Waals surface area (Å²) in [6.07, 6.45) is -4.49. The molecule has 0 saturated heterocycles. The first-order chi connectivity index (χ1) is 7.69. The van der Waals surface area contributed by atoms with E-state index in [4.69, 9.17) is 5.73 Å². The number of fused-ring (bicyclic) bond motifs is 1. The van der Waals surface area contributed by atoms with Crippen LogP contribution in [-0.4, -0.2) is 14.3 Å². The zero-order valence-electron chi connectivity index (χ0n) is 8.32. The number of benzene rings is 1. The van der Waals surface area contributed by atoms with Crippen LogP contribution in [0.5, 0.6) is 0 Å². The van der Waals surface area contributed by atoms with Gasteiger partial charge in [-0.2, -0.15) is 13.2 Å². The second kappa shape index (κ2) is 3.46. The topological polar surface area (TPSA) is 72.5 Å². The van der Waals surface area contributed by atoms with Crippen LogP contribution in [0, 0.1) is 0 Å². The largest absolute Gasteiger partial charge is 0.416 e. The highest BCUT2D eigenvalue weighted by molar-refractivity contribution is 7.89. The number of alkyl halides is 3. The fourth-order valence-corrected chi connectivity index (χ4v) is 2.65. The summed E-state index contributed by atoms with van der Waals surface area (Å²) >= 11 is 0. The first-order valence-corrected chi connectivity index (χ1v) is 6.08. The molecule has 0 aromatic heterocycles. The molecule has 1 aromatic carbocycles. The summed E-state index contributed by atoms with van der Waals surface area (Å²) < 4.78 is 62.9. The fraction of sp³-hybridized carbons (Fsp3) is 0.222. The smallest absolute Gasteiger partial charge is 0.383 e. The zero-order chi connectivity index (χ0) is 12.8. The van der Waals surface area contributed by atoms with Gasteiger partial charge in [0.1, 0.15) is 5.84 Å². The Morgan fingerprint density at radius 2 is 1.94 bits per heavy atom. The van der Waals surface area contributed by atoms with Gasteiger partial charge in [0.15, 0.2) is 0 Å². The molecule has 0 atom stereocenters. The molecule has 8 heteroatoms. The normalized spacial score (nSPS) is 18.4. The van der Waals surface area contributed by atoms with Crippen LogP contribution in [-0.2, 0) is 22.0 Å². The van der Waals surface area contributed by atoms with Gasteiger partial charge >= 0.3 is 6.18 Å². The number of nitrogens with two attached hydrogens (primary N) is 1. The summed E-state index contributed by atoms with van der Waals surface area (Å²) in [5, 5.41) is 0. The number of amidine groups is 1. The van der Waals surface area contributed by atoms with Crippen LogP contribution in [0.1, 0.15) is 16.7 Å². The van der Waals surface area contributed by atoms with Crippen molar-refractivity contribution in [1.29, 1.82) is 0 Å². The molecular formula is C9H7F3N2O2S. The Morgan fingerprint density at radius 3 is 2.53 bits per heavy atom. The highest BCUT2D eigenvalue weighted by Gasteiger charge is 2.32. The molecule has 0 saturated carbocycles. The van der Waals surface area contributed by atoms with Crippen molar-refractivity contribution in [2.75, 3.05) is 0 Å². The number of hydrogen-bond acceptors (Lipinski definition) is 3. The fourth-order valence-electron chi connectivity index (χ4n) is 1.54. The molecule has 0 amide bonds. The molecule has 0 bridgehead atoms. The van der Waals surface area contributed by atoms with Crippen LogP contribution < -0.4 is 5.73 Å². The maximum Gasteiger partial charge on any atom is 0.416 e. The molecule has 1 aliphatic rings. The number of halogens is 3. The molecule has 0 fully saturated rings. The van der Waals surface area contributed by atoms with Gasteiger partial charge in [0, 0.05) is 5.56 Å². The number of hydrogen-bond donors (Lipinski definition) is 1. The lowest BCUT2D eigenvalue weighted by molar-refractivity contribution is -0.137. The Labute approximate surface area is 95.0 Å². The molecule has 17 heavy (non-hydrogen) atoms. The quantitative estimate of drug-likeness (QED) is 0.766.